The summed E-state index contributed by atoms with van der Waals surface area (Å²) < 4.78 is 5.10. The van der Waals surface area contributed by atoms with Gasteiger partial charge in [0.15, 0.2) is 6.10 Å². The first-order valence-electron chi connectivity index (χ1n) is 7.09. The molecule has 5 heteroatoms. The Kier molecular flexibility index (Phi) is 6.28. The van der Waals surface area contributed by atoms with Crippen molar-refractivity contribution in [1.82, 2.24) is 4.90 Å². The van der Waals surface area contributed by atoms with Crippen molar-refractivity contribution in [2.24, 2.45) is 0 Å². The highest BCUT2D eigenvalue weighted by Crippen LogP contribution is 2.24. The van der Waals surface area contributed by atoms with Crippen LogP contribution in [0, 0.1) is 0 Å². The summed E-state index contributed by atoms with van der Waals surface area (Å²) in [6, 6.07) is 0.407. The molecule has 5 nitrogen and oxygen atoms in total. The van der Waals surface area contributed by atoms with Gasteiger partial charge in [0.1, 0.15) is 6.61 Å². The Morgan fingerprint density at radius 1 is 1.21 bits per heavy atom. The number of hydrogen-bond acceptors (Lipinski definition) is 3. The lowest BCUT2D eigenvalue weighted by molar-refractivity contribution is -0.154. The van der Waals surface area contributed by atoms with Crippen LogP contribution in [-0.2, 0) is 14.3 Å². The Morgan fingerprint density at radius 3 is 2.26 bits per heavy atom. The third-order valence-corrected chi connectivity index (χ3v) is 3.62. The quantitative estimate of drug-likeness (QED) is 0.803. The first kappa shape index (κ1) is 16.0. The highest BCUT2D eigenvalue weighted by molar-refractivity contribution is 5.79. The van der Waals surface area contributed by atoms with E-state index in [0.717, 1.165) is 25.7 Å². The molecule has 0 aromatic carbocycles. The van der Waals surface area contributed by atoms with Gasteiger partial charge < -0.3 is 14.7 Å². The molecule has 1 N–H and O–H groups in total. The first-order chi connectivity index (χ1) is 8.93. The van der Waals surface area contributed by atoms with Crippen LogP contribution < -0.4 is 0 Å². The average molecular weight is 271 g/mol. The summed E-state index contributed by atoms with van der Waals surface area (Å²) >= 11 is 0. The third kappa shape index (κ3) is 4.82. The van der Waals surface area contributed by atoms with Crippen molar-refractivity contribution in [3.63, 3.8) is 0 Å². The lowest BCUT2D eigenvalue weighted by atomic mass is 9.93. The zero-order valence-electron chi connectivity index (χ0n) is 12.1. The summed E-state index contributed by atoms with van der Waals surface area (Å²) in [5.74, 6) is -1.14. The number of carbonyl (C=O) groups excluding carboxylic acids is 1. The molecule has 1 aliphatic carbocycles. The minimum absolute atomic E-state index is 0.102. The van der Waals surface area contributed by atoms with Gasteiger partial charge in [0, 0.05) is 12.1 Å². The van der Waals surface area contributed by atoms with E-state index in [-0.39, 0.29) is 24.6 Å². The highest BCUT2D eigenvalue weighted by atomic mass is 16.5. The molecule has 0 spiro atoms. The standard InChI is InChI=1S/C14H25NO4/c1-10(2)15(12-7-5-4-6-8-12)13(16)9-19-11(3)14(17)18/h10-12H,4-9H2,1-3H3,(H,17,18). The van der Waals surface area contributed by atoms with Crippen LogP contribution in [0.5, 0.6) is 0 Å². The van der Waals surface area contributed by atoms with E-state index in [1.807, 2.05) is 18.7 Å². The second-order valence-electron chi connectivity index (χ2n) is 5.48. The number of rotatable bonds is 6. The zero-order chi connectivity index (χ0) is 14.4. The minimum Gasteiger partial charge on any atom is -0.479 e. The van der Waals surface area contributed by atoms with Crippen molar-refractivity contribution in [1.29, 1.82) is 0 Å². The van der Waals surface area contributed by atoms with Crippen molar-refractivity contribution < 1.29 is 19.4 Å². The topological polar surface area (TPSA) is 66.8 Å². The SMILES string of the molecule is CC(OCC(=O)N(C(C)C)C1CCCCC1)C(=O)O. The van der Waals surface area contributed by atoms with Gasteiger partial charge in [0.05, 0.1) is 0 Å². The summed E-state index contributed by atoms with van der Waals surface area (Å²) in [4.78, 5) is 24.8. The molecule has 0 saturated heterocycles. The van der Waals surface area contributed by atoms with Crippen LogP contribution in [0.2, 0.25) is 0 Å². The van der Waals surface area contributed by atoms with E-state index in [9.17, 15) is 9.59 Å². The van der Waals surface area contributed by atoms with Gasteiger partial charge in [-0.25, -0.2) is 4.79 Å². The van der Waals surface area contributed by atoms with Crippen molar-refractivity contribution >= 4 is 11.9 Å². The molecule has 0 aliphatic heterocycles. The van der Waals surface area contributed by atoms with Crippen LogP contribution in [-0.4, -0.2) is 46.7 Å². The molecule has 0 radical (unpaired) electrons. The summed E-state index contributed by atoms with van der Waals surface area (Å²) in [5.41, 5.74) is 0. The molecule has 1 rings (SSSR count). The van der Waals surface area contributed by atoms with Crippen LogP contribution in [0.4, 0.5) is 0 Å². The molecule has 1 fully saturated rings. The minimum atomic E-state index is -1.04. The highest BCUT2D eigenvalue weighted by Gasteiger charge is 2.28. The summed E-state index contributed by atoms with van der Waals surface area (Å²) in [6.45, 7) is 5.28. The molecule has 1 saturated carbocycles. The molecule has 0 bridgehead atoms. The maximum Gasteiger partial charge on any atom is 0.332 e. The Morgan fingerprint density at radius 2 is 1.79 bits per heavy atom. The normalized spacial score (nSPS) is 18.3. The summed E-state index contributed by atoms with van der Waals surface area (Å²) in [5, 5.41) is 8.74. The molecular weight excluding hydrogens is 246 g/mol. The third-order valence-electron chi connectivity index (χ3n) is 3.62. The molecule has 0 aromatic rings. The molecule has 1 unspecified atom stereocenters. The van der Waals surface area contributed by atoms with Gasteiger partial charge in [-0.15, -0.1) is 0 Å². The number of amides is 1. The number of hydrogen-bond donors (Lipinski definition) is 1. The lowest BCUT2D eigenvalue weighted by Gasteiger charge is -2.37. The van der Waals surface area contributed by atoms with Crippen molar-refractivity contribution in [3.8, 4) is 0 Å². The molecule has 0 heterocycles. The zero-order valence-corrected chi connectivity index (χ0v) is 12.1. The fourth-order valence-corrected chi connectivity index (χ4v) is 2.61. The lowest BCUT2D eigenvalue weighted by Crippen LogP contribution is -2.47. The van der Waals surface area contributed by atoms with Gasteiger partial charge in [0.25, 0.3) is 0 Å². The second kappa shape index (κ2) is 7.48. The molecule has 110 valence electrons. The number of carbonyl (C=O) groups is 2. The number of carboxylic acid groups (broad SMARTS) is 1. The monoisotopic (exact) mass is 271 g/mol. The fourth-order valence-electron chi connectivity index (χ4n) is 2.61. The molecule has 19 heavy (non-hydrogen) atoms. The second-order valence-corrected chi connectivity index (χ2v) is 5.48. The average Bonchev–Trinajstić information content (AvgIpc) is 2.36. The van der Waals surface area contributed by atoms with E-state index in [4.69, 9.17) is 9.84 Å². The Hall–Kier alpha value is -1.10. The van der Waals surface area contributed by atoms with Crippen LogP contribution in [0.15, 0.2) is 0 Å². The number of ether oxygens (including phenoxy) is 1. The predicted molar refractivity (Wildman–Crippen MR) is 71.9 cm³/mol. The molecule has 1 atom stereocenters. The van der Waals surface area contributed by atoms with E-state index in [0.29, 0.717) is 0 Å². The molecule has 1 amide bonds. The van der Waals surface area contributed by atoms with Gasteiger partial charge in [0.2, 0.25) is 5.91 Å². The summed E-state index contributed by atoms with van der Waals surface area (Å²) in [7, 11) is 0. The van der Waals surface area contributed by atoms with Crippen LogP contribution >= 0.6 is 0 Å². The number of nitrogens with zero attached hydrogens (tertiary/aromatic N) is 1. The van der Waals surface area contributed by atoms with Crippen molar-refractivity contribution in [2.75, 3.05) is 6.61 Å². The van der Waals surface area contributed by atoms with Crippen molar-refractivity contribution in [2.45, 2.75) is 71.1 Å². The van der Waals surface area contributed by atoms with Gasteiger partial charge in [-0.2, -0.15) is 0 Å². The molecular formula is C14H25NO4. The van der Waals surface area contributed by atoms with Crippen LogP contribution in [0.25, 0.3) is 0 Å². The number of aliphatic carboxylic acids is 1. The maximum absolute atomic E-state index is 12.2. The van der Waals surface area contributed by atoms with Gasteiger partial charge in [-0.1, -0.05) is 19.3 Å². The van der Waals surface area contributed by atoms with Crippen LogP contribution in [0.1, 0.15) is 52.9 Å². The van der Waals surface area contributed by atoms with Crippen molar-refractivity contribution in [3.05, 3.63) is 0 Å². The largest absolute Gasteiger partial charge is 0.479 e. The van der Waals surface area contributed by atoms with Crippen LogP contribution in [0.3, 0.4) is 0 Å². The van der Waals surface area contributed by atoms with E-state index >= 15 is 0 Å². The van der Waals surface area contributed by atoms with Gasteiger partial charge >= 0.3 is 5.97 Å². The van der Waals surface area contributed by atoms with E-state index in [1.165, 1.54) is 13.3 Å². The van der Waals surface area contributed by atoms with Gasteiger partial charge in [-0.3, -0.25) is 4.79 Å². The Bertz CT molecular complexity index is 311. The maximum atomic E-state index is 12.2. The van der Waals surface area contributed by atoms with Gasteiger partial charge in [-0.05, 0) is 33.6 Å². The first-order valence-corrected chi connectivity index (χ1v) is 7.09. The Balaban J connectivity index is 2.55. The number of carboxylic acids is 1. The van der Waals surface area contributed by atoms with E-state index in [1.54, 1.807) is 0 Å². The van der Waals surface area contributed by atoms with E-state index < -0.39 is 12.1 Å². The predicted octanol–water partition coefficient (Wildman–Crippen LogP) is 2.05. The fraction of sp³-hybridized carbons (Fsp3) is 0.857. The smallest absolute Gasteiger partial charge is 0.332 e. The Labute approximate surface area is 114 Å². The summed E-state index contributed by atoms with van der Waals surface area (Å²) in [6.07, 6.45) is 4.70. The van der Waals surface area contributed by atoms with E-state index in [2.05, 4.69) is 0 Å². The molecule has 0 aromatic heterocycles. The molecule has 1 aliphatic rings.